The molecule has 0 N–H and O–H groups in total. The molecule has 2 saturated heterocycles. The summed E-state index contributed by atoms with van der Waals surface area (Å²) in [6.07, 6.45) is 4.66. The lowest BCUT2D eigenvalue weighted by Gasteiger charge is -2.49. The molecule has 2 fully saturated rings. The molecule has 0 aromatic carbocycles. The number of amides is 1. The summed E-state index contributed by atoms with van der Waals surface area (Å²) in [5.41, 5.74) is -0.291. The van der Waals surface area contributed by atoms with Gasteiger partial charge in [0.15, 0.2) is 0 Å². The van der Waals surface area contributed by atoms with Crippen LogP contribution < -0.4 is 0 Å². The Kier molecular flexibility index (Phi) is 4.86. The molecule has 1 amide bonds. The summed E-state index contributed by atoms with van der Waals surface area (Å²) in [5, 5.41) is 0. The first kappa shape index (κ1) is 16.6. The number of carbonyl (C=O) groups excluding carboxylic acids is 1. The van der Waals surface area contributed by atoms with E-state index in [1.807, 2.05) is 25.7 Å². The molecule has 2 aliphatic heterocycles. The van der Waals surface area contributed by atoms with Crippen molar-refractivity contribution in [3.05, 3.63) is 0 Å². The average Bonchev–Trinajstić information content (AvgIpc) is 2.37. The van der Waals surface area contributed by atoms with Gasteiger partial charge < -0.3 is 9.64 Å². The van der Waals surface area contributed by atoms with Crippen LogP contribution >= 0.6 is 0 Å². The normalized spacial score (nSPS) is 29.5. The minimum atomic E-state index is -0.411. The Morgan fingerprint density at radius 1 is 1.19 bits per heavy atom. The van der Waals surface area contributed by atoms with Crippen LogP contribution in [0.3, 0.4) is 0 Å². The summed E-state index contributed by atoms with van der Waals surface area (Å²) < 4.78 is 5.54. The molecule has 2 aliphatic rings. The zero-order chi connectivity index (χ0) is 15.7. The Bertz CT molecular complexity index is 369. The van der Waals surface area contributed by atoms with Crippen molar-refractivity contribution < 1.29 is 9.53 Å². The Morgan fingerprint density at radius 3 is 2.38 bits per heavy atom. The first-order valence-electron chi connectivity index (χ1n) is 8.43. The van der Waals surface area contributed by atoms with Gasteiger partial charge in [-0.1, -0.05) is 6.92 Å². The van der Waals surface area contributed by atoms with E-state index in [2.05, 4.69) is 18.7 Å². The number of hydrogen-bond acceptors (Lipinski definition) is 3. The Hall–Kier alpha value is -0.770. The molecule has 2 heterocycles. The standard InChI is InChI=1S/C17H32N2O2/c1-14-7-11-19(12-8-14)17(5)9-6-10-18(13-17)15(20)21-16(2,3)4/h14H,6-13H2,1-5H3. The third-order valence-electron chi connectivity index (χ3n) is 4.87. The molecule has 0 aromatic heterocycles. The van der Waals surface area contributed by atoms with Gasteiger partial charge in [-0.2, -0.15) is 0 Å². The lowest BCUT2D eigenvalue weighted by molar-refractivity contribution is -0.0191. The predicted octanol–water partition coefficient (Wildman–Crippen LogP) is 3.51. The average molecular weight is 296 g/mol. The summed E-state index contributed by atoms with van der Waals surface area (Å²) in [6.45, 7) is 14.4. The molecule has 0 aliphatic carbocycles. The van der Waals surface area contributed by atoms with Gasteiger partial charge in [-0.25, -0.2) is 4.79 Å². The maximum atomic E-state index is 12.3. The van der Waals surface area contributed by atoms with Crippen LogP contribution in [0.1, 0.15) is 60.3 Å². The molecule has 1 unspecified atom stereocenters. The fourth-order valence-electron chi connectivity index (χ4n) is 3.51. The molecular formula is C17H32N2O2. The molecule has 0 bridgehead atoms. The lowest BCUT2D eigenvalue weighted by Crippen LogP contribution is -2.59. The van der Waals surface area contributed by atoms with E-state index in [0.29, 0.717) is 0 Å². The minimum absolute atomic E-state index is 0.120. The van der Waals surface area contributed by atoms with Gasteiger partial charge in [-0.3, -0.25) is 4.90 Å². The number of likely N-dealkylation sites (tertiary alicyclic amines) is 2. The fourth-order valence-corrected chi connectivity index (χ4v) is 3.51. The molecule has 0 radical (unpaired) electrons. The zero-order valence-corrected chi connectivity index (χ0v) is 14.4. The van der Waals surface area contributed by atoms with Crippen molar-refractivity contribution in [1.29, 1.82) is 0 Å². The van der Waals surface area contributed by atoms with E-state index in [9.17, 15) is 4.79 Å². The van der Waals surface area contributed by atoms with Crippen LogP contribution in [0.15, 0.2) is 0 Å². The highest BCUT2D eigenvalue weighted by Gasteiger charge is 2.40. The van der Waals surface area contributed by atoms with E-state index in [1.54, 1.807) is 0 Å². The van der Waals surface area contributed by atoms with Gasteiger partial charge in [0.05, 0.1) is 0 Å². The van der Waals surface area contributed by atoms with Gasteiger partial charge >= 0.3 is 6.09 Å². The highest BCUT2D eigenvalue weighted by molar-refractivity contribution is 5.68. The first-order chi connectivity index (χ1) is 9.70. The number of piperidine rings is 2. The topological polar surface area (TPSA) is 32.8 Å². The second kappa shape index (κ2) is 6.15. The van der Waals surface area contributed by atoms with Gasteiger partial charge in [0.2, 0.25) is 0 Å². The molecule has 122 valence electrons. The van der Waals surface area contributed by atoms with E-state index >= 15 is 0 Å². The van der Waals surface area contributed by atoms with Crippen LogP contribution in [-0.4, -0.2) is 53.2 Å². The molecule has 2 rings (SSSR count). The third kappa shape index (κ3) is 4.35. The quantitative estimate of drug-likeness (QED) is 0.742. The smallest absolute Gasteiger partial charge is 0.410 e. The predicted molar refractivity (Wildman–Crippen MR) is 85.4 cm³/mol. The van der Waals surface area contributed by atoms with E-state index in [4.69, 9.17) is 4.74 Å². The highest BCUT2D eigenvalue weighted by Crippen LogP contribution is 2.31. The molecule has 0 spiro atoms. The first-order valence-corrected chi connectivity index (χ1v) is 8.43. The van der Waals surface area contributed by atoms with Crippen molar-refractivity contribution in [2.75, 3.05) is 26.2 Å². The van der Waals surface area contributed by atoms with Crippen molar-refractivity contribution in [2.24, 2.45) is 5.92 Å². The number of ether oxygens (including phenoxy) is 1. The third-order valence-corrected chi connectivity index (χ3v) is 4.87. The van der Waals surface area contributed by atoms with Gasteiger partial charge in [0.1, 0.15) is 5.60 Å². The van der Waals surface area contributed by atoms with E-state index in [-0.39, 0.29) is 11.6 Å². The maximum absolute atomic E-state index is 12.3. The minimum Gasteiger partial charge on any atom is -0.444 e. The summed E-state index contributed by atoms with van der Waals surface area (Å²) in [5.74, 6) is 0.843. The molecule has 1 atom stereocenters. The van der Waals surface area contributed by atoms with Crippen LogP contribution in [0.4, 0.5) is 4.79 Å². The fraction of sp³-hybridized carbons (Fsp3) is 0.941. The second-order valence-electron chi connectivity index (χ2n) is 8.17. The molecule has 21 heavy (non-hydrogen) atoms. The molecule has 4 nitrogen and oxygen atoms in total. The van der Waals surface area contributed by atoms with Gasteiger partial charge in [0.25, 0.3) is 0 Å². The van der Waals surface area contributed by atoms with Crippen LogP contribution in [0.5, 0.6) is 0 Å². The number of carbonyl (C=O) groups is 1. The summed E-state index contributed by atoms with van der Waals surface area (Å²) in [4.78, 5) is 16.8. The van der Waals surface area contributed by atoms with Crippen LogP contribution in [0.2, 0.25) is 0 Å². The van der Waals surface area contributed by atoms with Crippen LogP contribution in [-0.2, 0) is 4.74 Å². The van der Waals surface area contributed by atoms with Crippen molar-refractivity contribution in [1.82, 2.24) is 9.80 Å². The van der Waals surface area contributed by atoms with Crippen LogP contribution in [0.25, 0.3) is 0 Å². The molecular weight excluding hydrogens is 264 g/mol. The summed E-state index contributed by atoms with van der Waals surface area (Å²) >= 11 is 0. The lowest BCUT2D eigenvalue weighted by atomic mass is 9.86. The zero-order valence-electron chi connectivity index (χ0n) is 14.4. The van der Waals surface area contributed by atoms with Crippen LogP contribution in [0, 0.1) is 5.92 Å². The van der Waals surface area contributed by atoms with Gasteiger partial charge in [-0.05, 0) is 72.4 Å². The van der Waals surface area contributed by atoms with Gasteiger partial charge in [-0.15, -0.1) is 0 Å². The Labute approximate surface area is 129 Å². The maximum Gasteiger partial charge on any atom is 0.410 e. The van der Waals surface area contributed by atoms with E-state index in [0.717, 1.165) is 25.4 Å². The monoisotopic (exact) mass is 296 g/mol. The SMILES string of the molecule is CC1CCN(C2(C)CCCN(C(=O)OC(C)(C)C)C2)CC1. The number of hydrogen-bond donors (Lipinski definition) is 0. The number of rotatable bonds is 1. The molecule has 0 aromatic rings. The van der Waals surface area contributed by atoms with Crippen molar-refractivity contribution in [3.8, 4) is 0 Å². The van der Waals surface area contributed by atoms with E-state index < -0.39 is 5.60 Å². The number of nitrogens with zero attached hydrogens (tertiary/aromatic N) is 2. The molecule has 4 heteroatoms. The highest BCUT2D eigenvalue weighted by atomic mass is 16.6. The van der Waals surface area contributed by atoms with Crippen molar-refractivity contribution >= 4 is 6.09 Å². The summed E-state index contributed by atoms with van der Waals surface area (Å²) in [7, 11) is 0. The van der Waals surface area contributed by atoms with Crippen molar-refractivity contribution in [3.63, 3.8) is 0 Å². The summed E-state index contributed by atoms with van der Waals surface area (Å²) in [6, 6.07) is 0. The van der Waals surface area contributed by atoms with Crippen molar-refractivity contribution in [2.45, 2.75) is 71.4 Å². The van der Waals surface area contributed by atoms with E-state index in [1.165, 1.54) is 32.4 Å². The van der Waals surface area contributed by atoms with Gasteiger partial charge in [0, 0.05) is 18.6 Å². The Balaban J connectivity index is 1.97. The molecule has 0 saturated carbocycles. The second-order valence-corrected chi connectivity index (χ2v) is 8.17. The Morgan fingerprint density at radius 2 is 1.81 bits per heavy atom. The largest absolute Gasteiger partial charge is 0.444 e.